The van der Waals surface area contributed by atoms with Gasteiger partial charge in [-0.05, 0) is 52.9 Å². The highest BCUT2D eigenvalue weighted by atomic mass is 127. The smallest absolute Gasteiger partial charge is 0.422 e. The van der Waals surface area contributed by atoms with E-state index in [1.165, 1.54) is 36.4 Å². The molecule has 0 heterocycles. The van der Waals surface area contributed by atoms with E-state index in [9.17, 15) is 28.1 Å². The van der Waals surface area contributed by atoms with E-state index in [4.69, 9.17) is 0 Å². The van der Waals surface area contributed by atoms with Crippen molar-refractivity contribution in [3.8, 4) is 5.75 Å². The van der Waals surface area contributed by atoms with Crippen LogP contribution in [-0.4, -0.2) is 23.6 Å². The van der Waals surface area contributed by atoms with Crippen molar-refractivity contribution < 1.29 is 27.6 Å². The molecule has 0 aliphatic rings. The number of alkyl halides is 3. The molecule has 6 nitrogen and oxygen atoms in total. The van der Waals surface area contributed by atoms with Crippen LogP contribution in [0.15, 0.2) is 42.5 Å². The fourth-order valence-corrected chi connectivity index (χ4v) is 2.38. The van der Waals surface area contributed by atoms with Crippen LogP contribution in [0.3, 0.4) is 0 Å². The van der Waals surface area contributed by atoms with E-state index >= 15 is 0 Å². The van der Waals surface area contributed by atoms with E-state index in [1.54, 1.807) is 0 Å². The number of benzene rings is 2. The molecule has 0 saturated heterocycles. The summed E-state index contributed by atoms with van der Waals surface area (Å²) in [5.41, 5.74) is 0.209. The van der Waals surface area contributed by atoms with Crippen molar-refractivity contribution >= 4 is 39.9 Å². The number of non-ortho nitro benzene ring substituents is 1. The number of nitrogens with one attached hydrogen (secondary N) is 1. The van der Waals surface area contributed by atoms with Crippen molar-refractivity contribution in [1.29, 1.82) is 0 Å². The van der Waals surface area contributed by atoms with Crippen molar-refractivity contribution in [3.63, 3.8) is 0 Å². The van der Waals surface area contributed by atoms with Gasteiger partial charge in [-0.25, -0.2) is 0 Å². The summed E-state index contributed by atoms with van der Waals surface area (Å²) >= 11 is 1.87. The van der Waals surface area contributed by atoms with Crippen molar-refractivity contribution in [3.05, 3.63) is 61.7 Å². The number of amides is 1. The van der Waals surface area contributed by atoms with Crippen LogP contribution in [0, 0.1) is 13.7 Å². The predicted octanol–water partition coefficient (Wildman–Crippen LogP) is 4.39. The lowest BCUT2D eigenvalue weighted by Crippen LogP contribution is -2.19. The number of carbonyl (C=O) groups excluding carboxylic acids is 1. The number of rotatable bonds is 5. The molecule has 0 aliphatic heterocycles. The highest BCUT2D eigenvalue weighted by molar-refractivity contribution is 14.1. The van der Waals surface area contributed by atoms with Gasteiger partial charge in [-0.3, -0.25) is 14.9 Å². The Labute approximate surface area is 153 Å². The lowest BCUT2D eigenvalue weighted by atomic mass is 10.2. The molecule has 1 N–H and O–H groups in total. The molecule has 0 spiro atoms. The summed E-state index contributed by atoms with van der Waals surface area (Å²) in [7, 11) is 0. The van der Waals surface area contributed by atoms with Gasteiger partial charge in [0.1, 0.15) is 5.75 Å². The lowest BCUT2D eigenvalue weighted by molar-refractivity contribution is -0.384. The van der Waals surface area contributed by atoms with Gasteiger partial charge < -0.3 is 10.1 Å². The third-order valence-electron chi connectivity index (χ3n) is 2.92. The van der Waals surface area contributed by atoms with E-state index in [1.807, 2.05) is 22.6 Å². The number of nitro benzene ring substituents is 1. The summed E-state index contributed by atoms with van der Waals surface area (Å²) in [5.74, 6) is -0.572. The monoisotopic (exact) mass is 466 g/mol. The molecular weight excluding hydrogens is 456 g/mol. The Hall–Kier alpha value is -2.37. The van der Waals surface area contributed by atoms with E-state index < -0.39 is 23.6 Å². The Morgan fingerprint density at radius 3 is 2.40 bits per heavy atom. The maximum atomic E-state index is 12.2. The van der Waals surface area contributed by atoms with E-state index in [0.717, 1.165) is 6.07 Å². The van der Waals surface area contributed by atoms with Crippen LogP contribution in [0.1, 0.15) is 10.4 Å². The molecule has 132 valence electrons. The van der Waals surface area contributed by atoms with Crippen molar-refractivity contribution in [2.75, 3.05) is 11.9 Å². The van der Waals surface area contributed by atoms with Crippen LogP contribution in [0.2, 0.25) is 0 Å². The number of hydrogen-bond acceptors (Lipinski definition) is 4. The Morgan fingerprint density at radius 2 is 1.84 bits per heavy atom. The second-order valence-corrected chi connectivity index (χ2v) is 5.97. The van der Waals surface area contributed by atoms with Crippen molar-refractivity contribution in [1.82, 2.24) is 0 Å². The summed E-state index contributed by atoms with van der Waals surface area (Å²) in [5, 5.41) is 13.3. The second-order valence-electron chi connectivity index (χ2n) is 4.80. The number of carbonyl (C=O) groups is 1. The minimum Gasteiger partial charge on any atom is -0.484 e. The van der Waals surface area contributed by atoms with Crippen molar-refractivity contribution in [2.45, 2.75) is 6.18 Å². The first-order valence-corrected chi connectivity index (χ1v) is 7.78. The molecule has 0 unspecified atom stereocenters. The number of halogens is 4. The van der Waals surface area contributed by atoms with Gasteiger partial charge in [-0.15, -0.1) is 0 Å². The summed E-state index contributed by atoms with van der Waals surface area (Å²) in [4.78, 5) is 22.4. The maximum absolute atomic E-state index is 12.2. The van der Waals surface area contributed by atoms with Crippen LogP contribution in [0.4, 0.5) is 24.5 Å². The van der Waals surface area contributed by atoms with Gasteiger partial charge in [0.05, 0.1) is 10.5 Å². The summed E-state index contributed by atoms with van der Waals surface area (Å²) < 4.78 is 41.3. The fourth-order valence-electron chi connectivity index (χ4n) is 1.80. The van der Waals surface area contributed by atoms with Crippen LogP contribution in [0.25, 0.3) is 0 Å². The predicted molar refractivity (Wildman–Crippen MR) is 91.8 cm³/mol. The molecule has 0 bridgehead atoms. The van der Waals surface area contributed by atoms with Crippen LogP contribution >= 0.6 is 22.6 Å². The molecule has 2 aromatic carbocycles. The maximum Gasteiger partial charge on any atom is 0.422 e. The fraction of sp³-hybridized carbons (Fsp3) is 0.133. The number of anilines is 1. The van der Waals surface area contributed by atoms with Crippen LogP contribution < -0.4 is 10.1 Å². The molecular formula is C15H10F3IN2O4. The van der Waals surface area contributed by atoms with E-state index in [0.29, 0.717) is 9.26 Å². The highest BCUT2D eigenvalue weighted by Gasteiger charge is 2.28. The standard InChI is InChI=1S/C15H10F3IN2O4/c16-15(17,18)8-25-11-4-1-9(2-5-11)20-14(22)12-7-10(21(23)24)3-6-13(12)19/h1-7H,8H2,(H,20,22). The largest absolute Gasteiger partial charge is 0.484 e. The van der Waals surface area contributed by atoms with Crippen molar-refractivity contribution in [2.24, 2.45) is 0 Å². The first kappa shape index (κ1) is 19.0. The Bertz CT molecular complexity index is 794. The molecule has 2 aromatic rings. The normalized spacial score (nSPS) is 11.0. The third kappa shape index (κ3) is 5.59. The average Bonchev–Trinajstić information content (AvgIpc) is 2.53. The van der Waals surface area contributed by atoms with Gasteiger partial charge in [0.2, 0.25) is 0 Å². The molecule has 0 aromatic heterocycles. The highest BCUT2D eigenvalue weighted by Crippen LogP contribution is 2.23. The summed E-state index contributed by atoms with van der Waals surface area (Å²) in [6, 6.07) is 9.17. The zero-order chi connectivity index (χ0) is 18.6. The molecule has 1 amide bonds. The molecule has 0 saturated carbocycles. The molecule has 0 radical (unpaired) electrons. The van der Waals surface area contributed by atoms with E-state index in [-0.39, 0.29) is 17.0 Å². The van der Waals surface area contributed by atoms with Crippen LogP contribution in [-0.2, 0) is 0 Å². The molecule has 0 aliphatic carbocycles. The summed E-state index contributed by atoms with van der Waals surface area (Å²) in [6.07, 6.45) is -4.44. The number of nitrogens with zero attached hydrogens (tertiary/aromatic N) is 1. The minimum atomic E-state index is -4.44. The van der Waals surface area contributed by atoms with Gasteiger partial charge >= 0.3 is 6.18 Å². The quantitative estimate of drug-likeness (QED) is 0.403. The molecule has 10 heteroatoms. The third-order valence-corrected chi connectivity index (χ3v) is 3.86. The summed E-state index contributed by atoms with van der Waals surface area (Å²) in [6.45, 7) is -1.41. The molecule has 25 heavy (non-hydrogen) atoms. The minimum absolute atomic E-state index is 0.000235. The SMILES string of the molecule is O=C(Nc1ccc(OCC(F)(F)F)cc1)c1cc([N+](=O)[O-])ccc1I. The average molecular weight is 466 g/mol. The first-order chi connectivity index (χ1) is 11.7. The zero-order valence-electron chi connectivity index (χ0n) is 12.3. The van der Waals surface area contributed by atoms with Crippen LogP contribution in [0.5, 0.6) is 5.75 Å². The Kier molecular flexibility index (Phi) is 5.82. The second kappa shape index (κ2) is 7.68. The molecule has 0 atom stereocenters. The Morgan fingerprint density at radius 1 is 1.20 bits per heavy atom. The number of hydrogen-bond donors (Lipinski definition) is 1. The van der Waals surface area contributed by atoms with E-state index in [2.05, 4.69) is 10.1 Å². The van der Waals surface area contributed by atoms with Gasteiger partial charge in [0.15, 0.2) is 6.61 Å². The zero-order valence-corrected chi connectivity index (χ0v) is 14.5. The molecule has 2 rings (SSSR count). The number of ether oxygens (including phenoxy) is 1. The van der Waals surface area contributed by atoms with Gasteiger partial charge in [-0.2, -0.15) is 13.2 Å². The topological polar surface area (TPSA) is 81.5 Å². The first-order valence-electron chi connectivity index (χ1n) is 6.70. The Balaban J connectivity index is 2.08. The van der Waals surface area contributed by atoms with Gasteiger partial charge in [0.25, 0.3) is 11.6 Å². The number of nitro groups is 1. The molecule has 0 fully saturated rings. The van der Waals surface area contributed by atoms with Gasteiger partial charge in [-0.1, -0.05) is 0 Å². The van der Waals surface area contributed by atoms with Gasteiger partial charge in [0, 0.05) is 21.4 Å². The lowest BCUT2D eigenvalue weighted by Gasteiger charge is -2.10.